The molecular formula is C17H25NO3. The van der Waals surface area contributed by atoms with Crippen LogP contribution in [0.4, 0.5) is 0 Å². The molecule has 6 atom stereocenters. The quantitative estimate of drug-likeness (QED) is 0.807. The van der Waals surface area contributed by atoms with Crippen molar-refractivity contribution in [3.8, 4) is 0 Å². The van der Waals surface area contributed by atoms with Gasteiger partial charge in [-0.1, -0.05) is 12.8 Å². The Morgan fingerprint density at radius 3 is 2.05 bits per heavy atom. The van der Waals surface area contributed by atoms with Crippen LogP contribution in [0.5, 0.6) is 0 Å². The third-order valence-corrected chi connectivity index (χ3v) is 6.74. The Morgan fingerprint density at radius 2 is 1.48 bits per heavy atom. The van der Waals surface area contributed by atoms with E-state index in [0.29, 0.717) is 24.3 Å². The molecule has 0 aromatic rings. The molecule has 3 aliphatic carbocycles. The van der Waals surface area contributed by atoms with Gasteiger partial charge in [0.2, 0.25) is 11.8 Å². The largest absolute Gasteiger partial charge is 0.396 e. The maximum atomic E-state index is 12.7. The lowest BCUT2D eigenvalue weighted by Crippen LogP contribution is -2.40. The fourth-order valence-corrected chi connectivity index (χ4v) is 5.65. The molecule has 116 valence electrons. The number of imide groups is 1. The highest BCUT2D eigenvalue weighted by molar-refractivity contribution is 6.06. The van der Waals surface area contributed by atoms with E-state index >= 15 is 0 Å². The molecule has 4 fully saturated rings. The number of nitrogens with zero attached hydrogens (tertiary/aromatic N) is 1. The molecule has 0 spiro atoms. The van der Waals surface area contributed by atoms with Gasteiger partial charge in [0.25, 0.3) is 0 Å². The fourth-order valence-electron chi connectivity index (χ4n) is 5.65. The van der Waals surface area contributed by atoms with Gasteiger partial charge < -0.3 is 5.11 Å². The number of rotatable bonds is 3. The summed E-state index contributed by atoms with van der Waals surface area (Å²) in [6, 6.07) is 0. The molecule has 1 saturated heterocycles. The third kappa shape index (κ3) is 1.98. The number of hydrogen-bond acceptors (Lipinski definition) is 3. The van der Waals surface area contributed by atoms with E-state index in [1.807, 2.05) is 0 Å². The van der Waals surface area contributed by atoms with Crippen molar-refractivity contribution in [2.75, 3.05) is 13.2 Å². The van der Waals surface area contributed by atoms with E-state index in [4.69, 9.17) is 0 Å². The van der Waals surface area contributed by atoms with E-state index < -0.39 is 0 Å². The molecule has 4 nitrogen and oxygen atoms in total. The second-order valence-corrected chi connectivity index (χ2v) is 7.66. The van der Waals surface area contributed by atoms with Crippen molar-refractivity contribution in [2.45, 2.75) is 44.9 Å². The van der Waals surface area contributed by atoms with Crippen LogP contribution < -0.4 is 0 Å². The summed E-state index contributed by atoms with van der Waals surface area (Å²) in [6.45, 7) is 0.758. The molecule has 0 aromatic carbocycles. The first kappa shape index (κ1) is 13.7. The Balaban J connectivity index is 1.51. The van der Waals surface area contributed by atoms with E-state index in [2.05, 4.69) is 0 Å². The van der Waals surface area contributed by atoms with Gasteiger partial charge in [0.1, 0.15) is 0 Å². The van der Waals surface area contributed by atoms with E-state index in [1.54, 1.807) is 4.90 Å². The number of aliphatic hydroxyl groups is 1. The summed E-state index contributed by atoms with van der Waals surface area (Å²) in [7, 11) is 0. The zero-order chi connectivity index (χ0) is 14.6. The molecule has 0 radical (unpaired) electrons. The van der Waals surface area contributed by atoms with Crippen LogP contribution in [-0.4, -0.2) is 35.0 Å². The van der Waals surface area contributed by atoms with Gasteiger partial charge in [-0.25, -0.2) is 0 Å². The summed E-state index contributed by atoms with van der Waals surface area (Å²) in [4.78, 5) is 27.0. The SMILES string of the molecule is O=C1C2C(C(=O)N1C[C@@H]1CCCC[C@H]1CO)[C@H]1CC[C@@H]2C1. The zero-order valence-electron chi connectivity index (χ0n) is 12.5. The molecule has 1 N–H and O–H groups in total. The van der Waals surface area contributed by atoms with Crippen molar-refractivity contribution in [3.05, 3.63) is 0 Å². The van der Waals surface area contributed by atoms with Crippen molar-refractivity contribution in [2.24, 2.45) is 35.5 Å². The summed E-state index contributed by atoms with van der Waals surface area (Å²) in [5.74, 6) is 1.77. The van der Waals surface area contributed by atoms with Crippen molar-refractivity contribution in [1.29, 1.82) is 0 Å². The summed E-state index contributed by atoms with van der Waals surface area (Å²) in [5.41, 5.74) is 0. The molecule has 21 heavy (non-hydrogen) atoms. The Hall–Kier alpha value is -0.900. The van der Waals surface area contributed by atoms with Crippen LogP contribution in [-0.2, 0) is 9.59 Å². The molecule has 0 aromatic heterocycles. The number of amides is 2. The van der Waals surface area contributed by atoms with Gasteiger partial charge in [-0.15, -0.1) is 0 Å². The molecule has 1 heterocycles. The second-order valence-electron chi connectivity index (χ2n) is 7.66. The highest BCUT2D eigenvalue weighted by Crippen LogP contribution is 2.56. The minimum atomic E-state index is 0.00687. The summed E-state index contributed by atoms with van der Waals surface area (Å²) < 4.78 is 0. The second kappa shape index (κ2) is 5.08. The summed E-state index contributed by atoms with van der Waals surface area (Å²) in [5, 5.41) is 9.53. The average Bonchev–Trinajstić information content (AvgIpc) is 3.17. The highest BCUT2D eigenvalue weighted by atomic mass is 16.3. The van der Waals surface area contributed by atoms with Crippen molar-refractivity contribution in [3.63, 3.8) is 0 Å². The van der Waals surface area contributed by atoms with Gasteiger partial charge in [0.15, 0.2) is 0 Å². The van der Waals surface area contributed by atoms with E-state index in [-0.39, 0.29) is 36.2 Å². The van der Waals surface area contributed by atoms with Crippen LogP contribution in [0, 0.1) is 35.5 Å². The maximum absolute atomic E-state index is 12.7. The Kier molecular flexibility index (Phi) is 3.32. The number of aliphatic hydroxyl groups excluding tert-OH is 1. The molecule has 2 bridgehead atoms. The average molecular weight is 291 g/mol. The van der Waals surface area contributed by atoms with Crippen molar-refractivity contribution >= 4 is 11.8 Å². The molecule has 4 heteroatoms. The lowest BCUT2D eigenvalue weighted by Gasteiger charge is -2.33. The zero-order valence-corrected chi connectivity index (χ0v) is 12.5. The van der Waals surface area contributed by atoms with Crippen molar-refractivity contribution < 1.29 is 14.7 Å². The first-order valence-electron chi connectivity index (χ1n) is 8.66. The molecular weight excluding hydrogens is 266 g/mol. The van der Waals surface area contributed by atoms with Gasteiger partial charge in [-0.3, -0.25) is 14.5 Å². The first-order chi connectivity index (χ1) is 10.2. The molecule has 3 saturated carbocycles. The van der Waals surface area contributed by atoms with Gasteiger partial charge in [0, 0.05) is 13.2 Å². The lowest BCUT2D eigenvalue weighted by molar-refractivity contribution is -0.142. The van der Waals surface area contributed by atoms with Crippen LogP contribution in [0.3, 0.4) is 0 Å². The molecule has 4 aliphatic rings. The number of carbonyl (C=O) groups excluding carboxylic acids is 2. The topological polar surface area (TPSA) is 57.6 Å². The van der Waals surface area contributed by atoms with Gasteiger partial charge >= 0.3 is 0 Å². The first-order valence-corrected chi connectivity index (χ1v) is 8.66. The van der Waals surface area contributed by atoms with Crippen LogP contribution in [0.1, 0.15) is 44.9 Å². The standard InChI is InChI=1S/C17H25NO3/c19-9-13-4-2-1-3-12(13)8-18-16(20)14-10-5-6-11(7-10)15(14)17(18)21/h10-15,19H,1-9H2/t10-,11+,12-,13-,14?,15?/m0/s1. The smallest absolute Gasteiger partial charge is 0.233 e. The highest BCUT2D eigenvalue weighted by Gasteiger charge is 2.60. The van der Waals surface area contributed by atoms with Crippen LogP contribution in [0.25, 0.3) is 0 Å². The maximum Gasteiger partial charge on any atom is 0.233 e. The van der Waals surface area contributed by atoms with Crippen LogP contribution >= 0.6 is 0 Å². The van der Waals surface area contributed by atoms with Gasteiger partial charge in [-0.2, -0.15) is 0 Å². The van der Waals surface area contributed by atoms with Gasteiger partial charge in [-0.05, 0) is 55.8 Å². The predicted octanol–water partition coefficient (Wildman–Crippen LogP) is 1.82. The number of hydrogen-bond donors (Lipinski definition) is 1. The Labute approximate surface area is 125 Å². The van der Waals surface area contributed by atoms with Crippen molar-refractivity contribution in [1.82, 2.24) is 4.90 Å². The molecule has 1 aliphatic heterocycles. The molecule has 2 unspecified atom stereocenters. The Bertz CT molecular complexity index is 435. The normalized spacial score (nSPS) is 45.5. The molecule has 2 amide bonds. The number of carbonyl (C=O) groups is 2. The predicted molar refractivity (Wildman–Crippen MR) is 77.1 cm³/mol. The Morgan fingerprint density at radius 1 is 0.905 bits per heavy atom. The summed E-state index contributed by atoms with van der Waals surface area (Å²) in [6.07, 6.45) is 7.79. The minimum absolute atomic E-state index is 0.00687. The monoisotopic (exact) mass is 291 g/mol. The fraction of sp³-hybridized carbons (Fsp3) is 0.882. The summed E-state index contributed by atoms with van der Waals surface area (Å²) >= 11 is 0. The lowest BCUT2D eigenvalue weighted by atomic mass is 9.79. The van der Waals surface area contributed by atoms with E-state index in [9.17, 15) is 14.7 Å². The van der Waals surface area contributed by atoms with Crippen LogP contribution in [0.2, 0.25) is 0 Å². The number of fused-ring (bicyclic) bond motifs is 5. The van der Waals surface area contributed by atoms with Crippen LogP contribution in [0.15, 0.2) is 0 Å². The number of likely N-dealkylation sites (tertiary alicyclic amines) is 1. The van der Waals surface area contributed by atoms with Gasteiger partial charge in [0.05, 0.1) is 11.8 Å². The van der Waals surface area contributed by atoms with E-state index in [0.717, 1.165) is 38.5 Å². The minimum Gasteiger partial charge on any atom is -0.396 e. The van der Waals surface area contributed by atoms with E-state index in [1.165, 1.54) is 6.42 Å². The molecule has 4 rings (SSSR count). The third-order valence-electron chi connectivity index (χ3n) is 6.74.